The Bertz CT molecular complexity index is 814. The topological polar surface area (TPSA) is 77.0 Å². The minimum absolute atomic E-state index is 0.0684. The van der Waals surface area contributed by atoms with E-state index in [1.165, 1.54) is 18.4 Å². The number of nitrogens with one attached hydrogen (secondary N) is 1. The maximum absolute atomic E-state index is 12.5. The first kappa shape index (κ1) is 15.9. The molecule has 0 bridgehead atoms. The summed E-state index contributed by atoms with van der Waals surface area (Å²) in [6, 6.07) is 10.0. The number of alkyl halides is 3. The lowest BCUT2D eigenvalue weighted by molar-refractivity contribution is -0.137. The highest BCUT2D eigenvalue weighted by Crippen LogP contribution is 2.29. The molecule has 1 aromatic carbocycles. The summed E-state index contributed by atoms with van der Waals surface area (Å²) >= 11 is 0. The summed E-state index contributed by atoms with van der Waals surface area (Å²) in [6.07, 6.45) is -2.83. The van der Waals surface area contributed by atoms with Crippen molar-refractivity contribution in [1.29, 1.82) is 0 Å². The van der Waals surface area contributed by atoms with E-state index in [2.05, 4.69) is 15.3 Å². The smallest absolute Gasteiger partial charge is 0.416 e. The number of hydrogen-bond acceptors (Lipinski definition) is 5. The summed E-state index contributed by atoms with van der Waals surface area (Å²) in [5.41, 5.74) is 6.19. The molecular formula is C16H13F3N4O. The zero-order valence-electron chi connectivity index (χ0n) is 12.3. The molecule has 8 heteroatoms. The molecule has 3 N–H and O–H groups in total. The van der Waals surface area contributed by atoms with Crippen LogP contribution in [0.2, 0.25) is 0 Å². The average molecular weight is 334 g/mol. The molecule has 0 aliphatic heterocycles. The van der Waals surface area contributed by atoms with Gasteiger partial charge in [0, 0.05) is 12.6 Å². The lowest BCUT2D eigenvalue weighted by Crippen LogP contribution is -2.07. The molecule has 24 heavy (non-hydrogen) atoms. The van der Waals surface area contributed by atoms with E-state index in [1.54, 1.807) is 18.2 Å². The van der Waals surface area contributed by atoms with Crippen molar-refractivity contribution in [2.45, 2.75) is 12.7 Å². The summed E-state index contributed by atoms with van der Waals surface area (Å²) in [5, 5.41) is 3.01. The van der Waals surface area contributed by atoms with Crippen LogP contribution >= 0.6 is 0 Å². The normalized spacial score (nSPS) is 11.5. The van der Waals surface area contributed by atoms with Crippen LogP contribution in [-0.2, 0) is 12.7 Å². The first-order valence-corrected chi connectivity index (χ1v) is 7.00. The van der Waals surface area contributed by atoms with Gasteiger partial charge in [-0.3, -0.25) is 0 Å². The van der Waals surface area contributed by atoms with Crippen molar-refractivity contribution in [3.63, 3.8) is 0 Å². The van der Waals surface area contributed by atoms with Crippen LogP contribution in [0.5, 0.6) is 0 Å². The molecule has 3 rings (SSSR count). The Morgan fingerprint density at radius 2 is 1.83 bits per heavy atom. The highest BCUT2D eigenvalue weighted by molar-refractivity contribution is 5.59. The van der Waals surface area contributed by atoms with Gasteiger partial charge in [-0.25, -0.2) is 4.98 Å². The van der Waals surface area contributed by atoms with Crippen molar-refractivity contribution in [3.8, 4) is 11.5 Å². The number of halogens is 3. The van der Waals surface area contributed by atoms with Crippen LogP contribution in [0.1, 0.15) is 11.1 Å². The van der Waals surface area contributed by atoms with Gasteiger partial charge in [0.1, 0.15) is 11.5 Å². The predicted octanol–water partition coefficient (Wildman–Crippen LogP) is 3.95. The summed E-state index contributed by atoms with van der Waals surface area (Å²) in [5.74, 6) is 1.06. The third-order valence-corrected chi connectivity index (χ3v) is 3.27. The summed E-state index contributed by atoms with van der Waals surface area (Å²) in [6.45, 7) is 0.298. The molecule has 5 nitrogen and oxygen atoms in total. The second-order valence-electron chi connectivity index (χ2n) is 5.02. The molecule has 0 fully saturated rings. The van der Waals surface area contributed by atoms with Gasteiger partial charge in [0.05, 0.1) is 11.8 Å². The number of nitrogen functional groups attached to an aromatic ring is 1. The zero-order valence-corrected chi connectivity index (χ0v) is 12.3. The van der Waals surface area contributed by atoms with Crippen molar-refractivity contribution < 1.29 is 17.6 Å². The maximum atomic E-state index is 12.5. The van der Waals surface area contributed by atoms with Crippen LogP contribution < -0.4 is 11.1 Å². The van der Waals surface area contributed by atoms with Crippen LogP contribution in [0, 0.1) is 0 Å². The zero-order chi connectivity index (χ0) is 17.2. The van der Waals surface area contributed by atoms with Crippen molar-refractivity contribution in [1.82, 2.24) is 9.97 Å². The van der Waals surface area contributed by atoms with E-state index in [9.17, 15) is 13.2 Å². The van der Waals surface area contributed by atoms with Crippen LogP contribution in [-0.4, -0.2) is 9.97 Å². The second-order valence-corrected chi connectivity index (χ2v) is 5.02. The molecule has 0 aliphatic carbocycles. The minimum Gasteiger partial charge on any atom is -0.463 e. The van der Waals surface area contributed by atoms with Gasteiger partial charge < -0.3 is 15.5 Å². The molecule has 0 atom stereocenters. The van der Waals surface area contributed by atoms with Crippen LogP contribution in [0.25, 0.3) is 11.5 Å². The molecule has 0 saturated heterocycles. The summed E-state index contributed by atoms with van der Waals surface area (Å²) in [4.78, 5) is 8.13. The number of rotatable bonds is 4. The maximum Gasteiger partial charge on any atom is 0.416 e. The van der Waals surface area contributed by atoms with Gasteiger partial charge in [-0.1, -0.05) is 12.1 Å². The first-order chi connectivity index (χ1) is 11.4. The Hall–Kier alpha value is -3.03. The van der Waals surface area contributed by atoms with E-state index < -0.39 is 11.7 Å². The Morgan fingerprint density at radius 1 is 1.08 bits per heavy atom. The monoisotopic (exact) mass is 334 g/mol. The SMILES string of the molecule is Nc1nc(NCc2ccc(C(F)(F)F)cc2)cc(-c2ccco2)n1. The standard InChI is InChI=1S/C16H13F3N4O/c17-16(18,19)11-5-3-10(4-6-11)9-21-14-8-12(22-15(20)23-14)13-2-1-7-24-13/h1-8H,9H2,(H3,20,21,22,23). The van der Waals surface area contributed by atoms with E-state index >= 15 is 0 Å². The van der Waals surface area contributed by atoms with E-state index in [4.69, 9.17) is 10.2 Å². The summed E-state index contributed by atoms with van der Waals surface area (Å²) < 4.78 is 42.9. The van der Waals surface area contributed by atoms with E-state index in [0.29, 0.717) is 29.4 Å². The van der Waals surface area contributed by atoms with Crippen LogP contribution in [0.3, 0.4) is 0 Å². The third kappa shape index (κ3) is 3.65. The van der Waals surface area contributed by atoms with Gasteiger partial charge in [0.15, 0.2) is 5.76 Å². The fourth-order valence-corrected chi connectivity index (χ4v) is 2.11. The van der Waals surface area contributed by atoms with Crippen molar-refractivity contribution in [3.05, 3.63) is 59.9 Å². The molecule has 3 aromatic rings. The fourth-order valence-electron chi connectivity index (χ4n) is 2.11. The Balaban J connectivity index is 1.73. The predicted molar refractivity (Wildman–Crippen MR) is 82.9 cm³/mol. The van der Waals surface area contributed by atoms with E-state index in [-0.39, 0.29) is 5.95 Å². The van der Waals surface area contributed by atoms with Gasteiger partial charge in [-0.15, -0.1) is 0 Å². The largest absolute Gasteiger partial charge is 0.463 e. The second kappa shape index (κ2) is 6.23. The molecule has 124 valence electrons. The lowest BCUT2D eigenvalue weighted by Gasteiger charge is -2.09. The van der Waals surface area contributed by atoms with Crippen molar-refractivity contribution in [2.75, 3.05) is 11.1 Å². The number of anilines is 2. The number of aromatic nitrogens is 2. The van der Waals surface area contributed by atoms with Gasteiger partial charge in [-0.2, -0.15) is 18.2 Å². The molecule has 0 spiro atoms. The Labute approximate surface area is 135 Å². The number of nitrogens with zero attached hydrogens (tertiary/aromatic N) is 2. The first-order valence-electron chi connectivity index (χ1n) is 7.00. The molecule has 0 saturated carbocycles. The summed E-state index contributed by atoms with van der Waals surface area (Å²) in [7, 11) is 0. The quantitative estimate of drug-likeness (QED) is 0.755. The molecular weight excluding hydrogens is 321 g/mol. The number of benzene rings is 1. The highest BCUT2D eigenvalue weighted by Gasteiger charge is 2.29. The minimum atomic E-state index is -4.34. The molecule has 0 radical (unpaired) electrons. The van der Waals surface area contributed by atoms with E-state index in [1.807, 2.05) is 0 Å². The van der Waals surface area contributed by atoms with Gasteiger partial charge in [0.25, 0.3) is 0 Å². The van der Waals surface area contributed by atoms with Gasteiger partial charge in [-0.05, 0) is 29.8 Å². The molecule has 2 aromatic heterocycles. The fraction of sp³-hybridized carbons (Fsp3) is 0.125. The molecule has 0 amide bonds. The Morgan fingerprint density at radius 3 is 2.46 bits per heavy atom. The van der Waals surface area contributed by atoms with Crippen LogP contribution in [0.4, 0.5) is 24.9 Å². The molecule has 0 unspecified atom stereocenters. The highest BCUT2D eigenvalue weighted by atomic mass is 19.4. The number of hydrogen-bond donors (Lipinski definition) is 2. The van der Waals surface area contributed by atoms with Crippen molar-refractivity contribution >= 4 is 11.8 Å². The van der Waals surface area contributed by atoms with Crippen molar-refractivity contribution in [2.24, 2.45) is 0 Å². The van der Waals surface area contributed by atoms with E-state index in [0.717, 1.165) is 12.1 Å². The van der Waals surface area contributed by atoms with Gasteiger partial charge in [0.2, 0.25) is 5.95 Å². The number of nitrogens with two attached hydrogens (primary N) is 1. The number of furan rings is 1. The van der Waals surface area contributed by atoms with Gasteiger partial charge >= 0.3 is 6.18 Å². The molecule has 0 aliphatic rings. The average Bonchev–Trinajstić information content (AvgIpc) is 3.06. The lowest BCUT2D eigenvalue weighted by atomic mass is 10.1. The molecule has 2 heterocycles. The third-order valence-electron chi connectivity index (χ3n) is 3.27. The Kier molecular flexibility index (Phi) is 4.11. The van der Waals surface area contributed by atoms with Crippen LogP contribution in [0.15, 0.2) is 53.1 Å².